The Hall–Kier alpha value is -0.900. The van der Waals surface area contributed by atoms with Gasteiger partial charge >= 0.3 is 0 Å². The van der Waals surface area contributed by atoms with E-state index in [1.807, 2.05) is 6.07 Å². The van der Waals surface area contributed by atoms with Crippen molar-refractivity contribution < 1.29 is 5.11 Å². The molecule has 1 rings (SSSR count). The van der Waals surface area contributed by atoms with Crippen LogP contribution in [0.1, 0.15) is 29.2 Å². The Labute approximate surface area is 117 Å². The number of aliphatic hydroxyl groups excluding tert-OH is 1. The molecule has 0 heterocycles. The van der Waals surface area contributed by atoms with Crippen LogP contribution < -0.4 is 0 Å². The molecule has 0 aliphatic heterocycles. The number of hydrogen-bond donors (Lipinski definition) is 1. The number of likely N-dealkylation sites (N-methyl/N-ethyl adjacent to an activating group) is 1. The first-order valence-corrected chi connectivity index (χ1v) is 6.98. The molecule has 0 saturated carbocycles. The van der Waals surface area contributed by atoms with Crippen LogP contribution in [0.25, 0.3) is 0 Å². The van der Waals surface area contributed by atoms with E-state index in [1.165, 1.54) is 11.1 Å². The molecule has 0 spiro atoms. The number of aryl methyl sites for hydroxylation is 2. The SMILES string of the molecule is Cc1ccc(C(O)CN(C)CCCN(C)C)cc1C. The van der Waals surface area contributed by atoms with Crippen LogP contribution in [0.5, 0.6) is 0 Å². The second-order valence-electron chi connectivity index (χ2n) is 5.78. The van der Waals surface area contributed by atoms with Crippen molar-refractivity contribution in [2.45, 2.75) is 26.4 Å². The normalized spacial score (nSPS) is 13.3. The molecule has 3 heteroatoms. The molecule has 108 valence electrons. The lowest BCUT2D eigenvalue weighted by molar-refractivity contribution is 0.125. The summed E-state index contributed by atoms with van der Waals surface area (Å²) < 4.78 is 0. The Balaban J connectivity index is 2.44. The minimum Gasteiger partial charge on any atom is -0.387 e. The van der Waals surface area contributed by atoms with E-state index in [0.717, 1.165) is 25.1 Å². The van der Waals surface area contributed by atoms with E-state index < -0.39 is 6.10 Å². The molecule has 0 aliphatic carbocycles. The van der Waals surface area contributed by atoms with Gasteiger partial charge in [-0.1, -0.05) is 18.2 Å². The molecular weight excluding hydrogens is 236 g/mol. The fourth-order valence-corrected chi connectivity index (χ4v) is 2.12. The maximum Gasteiger partial charge on any atom is 0.0916 e. The average Bonchev–Trinajstić information content (AvgIpc) is 2.32. The summed E-state index contributed by atoms with van der Waals surface area (Å²) in [6.45, 7) is 6.98. The second kappa shape index (κ2) is 7.63. The molecule has 0 radical (unpaired) electrons. The Morgan fingerprint density at radius 3 is 2.32 bits per heavy atom. The largest absolute Gasteiger partial charge is 0.387 e. The molecule has 3 nitrogen and oxygen atoms in total. The highest BCUT2D eigenvalue weighted by molar-refractivity contribution is 5.31. The lowest BCUT2D eigenvalue weighted by Crippen LogP contribution is -2.28. The Morgan fingerprint density at radius 1 is 1.05 bits per heavy atom. The first-order valence-electron chi connectivity index (χ1n) is 6.98. The van der Waals surface area contributed by atoms with E-state index in [0.29, 0.717) is 6.54 Å². The summed E-state index contributed by atoms with van der Waals surface area (Å²) in [5.41, 5.74) is 3.53. The standard InChI is InChI=1S/C16H28N2O/c1-13-7-8-15(11-14(13)2)16(19)12-18(5)10-6-9-17(3)4/h7-8,11,16,19H,6,9-10,12H2,1-5H3. The Kier molecular flexibility index (Phi) is 6.49. The molecule has 0 aliphatic rings. The lowest BCUT2D eigenvalue weighted by atomic mass is 10.0. The summed E-state index contributed by atoms with van der Waals surface area (Å²) >= 11 is 0. The van der Waals surface area contributed by atoms with Gasteiger partial charge in [0, 0.05) is 6.54 Å². The van der Waals surface area contributed by atoms with E-state index in [2.05, 4.69) is 56.9 Å². The summed E-state index contributed by atoms with van der Waals surface area (Å²) in [5.74, 6) is 0. The fraction of sp³-hybridized carbons (Fsp3) is 0.625. The number of benzene rings is 1. The zero-order valence-corrected chi connectivity index (χ0v) is 13.0. The number of aliphatic hydroxyl groups is 1. The summed E-state index contributed by atoms with van der Waals surface area (Å²) in [6.07, 6.45) is 0.729. The number of nitrogens with zero attached hydrogens (tertiary/aromatic N) is 2. The molecule has 0 aromatic heterocycles. The van der Waals surface area contributed by atoms with Gasteiger partial charge in [0.2, 0.25) is 0 Å². The highest BCUT2D eigenvalue weighted by atomic mass is 16.3. The first-order chi connectivity index (χ1) is 8.90. The highest BCUT2D eigenvalue weighted by Gasteiger charge is 2.11. The second-order valence-corrected chi connectivity index (χ2v) is 5.78. The number of hydrogen-bond acceptors (Lipinski definition) is 3. The molecule has 0 amide bonds. The van der Waals surface area contributed by atoms with E-state index >= 15 is 0 Å². The van der Waals surface area contributed by atoms with E-state index in [1.54, 1.807) is 0 Å². The van der Waals surface area contributed by atoms with Crippen molar-refractivity contribution in [3.63, 3.8) is 0 Å². The van der Waals surface area contributed by atoms with E-state index in [-0.39, 0.29) is 0 Å². The molecule has 1 N–H and O–H groups in total. The van der Waals surface area contributed by atoms with Crippen LogP contribution in [0.4, 0.5) is 0 Å². The van der Waals surface area contributed by atoms with Crippen molar-refractivity contribution in [1.29, 1.82) is 0 Å². The van der Waals surface area contributed by atoms with Crippen LogP contribution in [0.2, 0.25) is 0 Å². The third kappa shape index (κ3) is 5.72. The van der Waals surface area contributed by atoms with Crippen molar-refractivity contribution >= 4 is 0 Å². The first kappa shape index (κ1) is 16.2. The van der Waals surface area contributed by atoms with Crippen molar-refractivity contribution in [2.24, 2.45) is 0 Å². The predicted molar refractivity (Wildman–Crippen MR) is 81.5 cm³/mol. The van der Waals surface area contributed by atoms with Gasteiger partial charge in [-0.25, -0.2) is 0 Å². The molecule has 1 atom stereocenters. The van der Waals surface area contributed by atoms with Gasteiger partial charge in [0.1, 0.15) is 0 Å². The monoisotopic (exact) mass is 264 g/mol. The van der Waals surface area contributed by atoms with E-state index in [4.69, 9.17) is 0 Å². The molecule has 0 saturated heterocycles. The maximum atomic E-state index is 10.3. The highest BCUT2D eigenvalue weighted by Crippen LogP contribution is 2.17. The Bertz CT molecular complexity index is 390. The molecule has 1 aromatic rings. The number of rotatable bonds is 7. The fourth-order valence-electron chi connectivity index (χ4n) is 2.12. The molecule has 0 fully saturated rings. The van der Waals surface area contributed by atoms with Crippen LogP contribution in [0.15, 0.2) is 18.2 Å². The van der Waals surface area contributed by atoms with Crippen LogP contribution in [-0.4, -0.2) is 55.7 Å². The topological polar surface area (TPSA) is 26.7 Å². The third-order valence-electron chi connectivity index (χ3n) is 3.55. The van der Waals surface area contributed by atoms with Gasteiger partial charge < -0.3 is 14.9 Å². The summed E-state index contributed by atoms with van der Waals surface area (Å²) in [6, 6.07) is 6.20. The van der Waals surface area contributed by atoms with Crippen LogP contribution in [-0.2, 0) is 0 Å². The summed E-state index contributed by atoms with van der Waals surface area (Å²) in [7, 11) is 6.24. The average molecular weight is 264 g/mol. The smallest absolute Gasteiger partial charge is 0.0916 e. The zero-order valence-electron chi connectivity index (χ0n) is 13.0. The van der Waals surface area contributed by atoms with Gasteiger partial charge in [-0.05, 0) is 71.2 Å². The summed E-state index contributed by atoms with van der Waals surface area (Å²) in [5, 5.41) is 10.3. The van der Waals surface area contributed by atoms with Crippen molar-refractivity contribution in [3.05, 3.63) is 34.9 Å². The summed E-state index contributed by atoms with van der Waals surface area (Å²) in [4.78, 5) is 4.39. The van der Waals surface area contributed by atoms with E-state index in [9.17, 15) is 5.11 Å². The third-order valence-corrected chi connectivity index (χ3v) is 3.55. The van der Waals surface area contributed by atoms with Crippen molar-refractivity contribution in [1.82, 2.24) is 9.80 Å². The van der Waals surface area contributed by atoms with Gasteiger partial charge in [0.05, 0.1) is 6.10 Å². The lowest BCUT2D eigenvalue weighted by Gasteiger charge is -2.22. The van der Waals surface area contributed by atoms with Crippen LogP contribution >= 0.6 is 0 Å². The van der Waals surface area contributed by atoms with Crippen LogP contribution in [0.3, 0.4) is 0 Å². The minimum absolute atomic E-state index is 0.399. The quantitative estimate of drug-likeness (QED) is 0.818. The van der Waals surface area contributed by atoms with Gasteiger partial charge in [-0.2, -0.15) is 0 Å². The van der Waals surface area contributed by atoms with Crippen molar-refractivity contribution in [3.8, 4) is 0 Å². The van der Waals surface area contributed by atoms with Gasteiger partial charge in [0.25, 0.3) is 0 Å². The zero-order chi connectivity index (χ0) is 14.4. The predicted octanol–water partition coefficient (Wildman–Crippen LogP) is 2.22. The molecule has 19 heavy (non-hydrogen) atoms. The van der Waals surface area contributed by atoms with Gasteiger partial charge in [0.15, 0.2) is 0 Å². The van der Waals surface area contributed by atoms with Gasteiger partial charge in [-0.3, -0.25) is 0 Å². The maximum absolute atomic E-state index is 10.3. The molecule has 0 bridgehead atoms. The van der Waals surface area contributed by atoms with Crippen molar-refractivity contribution in [2.75, 3.05) is 40.8 Å². The molecule has 1 unspecified atom stereocenters. The molecular formula is C16H28N2O. The van der Waals surface area contributed by atoms with Gasteiger partial charge in [-0.15, -0.1) is 0 Å². The van der Waals surface area contributed by atoms with Crippen LogP contribution in [0, 0.1) is 13.8 Å². The minimum atomic E-state index is -0.399. The Morgan fingerprint density at radius 2 is 1.74 bits per heavy atom. The molecule has 1 aromatic carbocycles.